The van der Waals surface area contributed by atoms with E-state index in [-0.39, 0.29) is 17.4 Å². The van der Waals surface area contributed by atoms with Crippen LogP contribution in [0, 0.1) is 0 Å². The van der Waals surface area contributed by atoms with E-state index in [1.165, 1.54) is 6.20 Å². The molecule has 0 saturated carbocycles. The van der Waals surface area contributed by atoms with Crippen LogP contribution in [0.5, 0.6) is 0 Å². The molecule has 0 aliphatic carbocycles. The van der Waals surface area contributed by atoms with Crippen LogP contribution in [-0.4, -0.2) is 79.0 Å². The summed E-state index contributed by atoms with van der Waals surface area (Å²) in [6.45, 7) is 4.81. The zero-order valence-corrected chi connectivity index (χ0v) is 20.7. The molecule has 1 N–H and O–H groups in total. The Morgan fingerprint density at radius 2 is 1.86 bits per heavy atom. The molecule has 37 heavy (non-hydrogen) atoms. The summed E-state index contributed by atoms with van der Waals surface area (Å²) in [4.78, 5) is 38.8. The number of benzene rings is 1. The Bertz CT molecular complexity index is 1510. The topological polar surface area (TPSA) is 111 Å². The molecule has 2 fully saturated rings. The summed E-state index contributed by atoms with van der Waals surface area (Å²) in [5.74, 6) is -0.311. The van der Waals surface area contributed by atoms with E-state index in [2.05, 4.69) is 25.8 Å². The average Bonchev–Trinajstić information content (AvgIpc) is 3.60. The van der Waals surface area contributed by atoms with Crippen LogP contribution in [0.2, 0.25) is 0 Å². The lowest BCUT2D eigenvalue weighted by Gasteiger charge is -2.30. The van der Waals surface area contributed by atoms with Gasteiger partial charge in [-0.25, -0.2) is 19.6 Å². The summed E-state index contributed by atoms with van der Waals surface area (Å²) in [5.41, 5.74) is 3.35. The van der Waals surface area contributed by atoms with Crippen LogP contribution in [-0.2, 0) is 18.3 Å². The molecular formula is C26H29N7O4. The smallest absolute Gasteiger partial charge is 0.354 e. The number of carboxylic acid groups (broad SMARTS) is 1. The maximum atomic E-state index is 14.1. The minimum Gasteiger partial charge on any atom is -0.477 e. The number of morpholine rings is 1. The van der Waals surface area contributed by atoms with E-state index in [0.29, 0.717) is 37.8 Å². The van der Waals surface area contributed by atoms with Gasteiger partial charge in [-0.1, -0.05) is 12.1 Å². The number of likely N-dealkylation sites (tertiary alicyclic amines) is 1. The predicted octanol–water partition coefficient (Wildman–Crippen LogP) is 1.90. The van der Waals surface area contributed by atoms with Crippen LogP contribution in [0.4, 0.5) is 5.69 Å². The monoisotopic (exact) mass is 503 g/mol. The molecule has 1 aromatic carbocycles. The van der Waals surface area contributed by atoms with Crippen LogP contribution in [0.3, 0.4) is 0 Å². The number of anilines is 1. The highest BCUT2D eigenvalue weighted by atomic mass is 16.5. The predicted molar refractivity (Wildman–Crippen MR) is 137 cm³/mol. The molecule has 1 atom stereocenters. The number of aromatic carboxylic acids is 1. The van der Waals surface area contributed by atoms with E-state index in [4.69, 9.17) is 4.74 Å². The van der Waals surface area contributed by atoms with Crippen LogP contribution >= 0.6 is 0 Å². The minimum atomic E-state index is -0.997. The Balaban J connectivity index is 1.35. The van der Waals surface area contributed by atoms with Gasteiger partial charge < -0.3 is 19.3 Å². The normalized spacial score (nSPS) is 18.6. The zero-order valence-electron chi connectivity index (χ0n) is 20.7. The molecule has 2 aliphatic rings. The van der Waals surface area contributed by atoms with Crippen LogP contribution < -0.4 is 10.6 Å². The quantitative estimate of drug-likeness (QED) is 0.425. The van der Waals surface area contributed by atoms with Crippen molar-refractivity contribution in [1.82, 2.24) is 28.6 Å². The van der Waals surface area contributed by atoms with Crippen molar-refractivity contribution in [3.63, 3.8) is 0 Å². The van der Waals surface area contributed by atoms with Gasteiger partial charge in [-0.15, -0.1) is 0 Å². The number of imidazole rings is 2. The van der Waals surface area contributed by atoms with E-state index < -0.39 is 5.97 Å². The summed E-state index contributed by atoms with van der Waals surface area (Å²) in [7, 11) is 1.72. The molecule has 0 radical (unpaired) electrons. The Hall–Kier alpha value is -3.96. The summed E-state index contributed by atoms with van der Waals surface area (Å²) in [6, 6.07) is 11.8. The second-order valence-corrected chi connectivity index (χ2v) is 9.52. The minimum absolute atomic E-state index is 0.0547. The first-order chi connectivity index (χ1) is 18.0. The van der Waals surface area contributed by atoms with Crippen molar-refractivity contribution in [2.75, 3.05) is 44.3 Å². The number of rotatable bonds is 6. The number of aromatic nitrogens is 5. The number of ether oxygens (including phenoxy) is 1. The first kappa shape index (κ1) is 23.4. The van der Waals surface area contributed by atoms with Crippen molar-refractivity contribution in [2.45, 2.75) is 19.0 Å². The zero-order chi connectivity index (χ0) is 25.5. The van der Waals surface area contributed by atoms with Crippen molar-refractivity contribution in [3.8, 4) is 5.69 Å². The summed E-state index contributed by atoms with van der Waals surface area (Å²) in [5, 5.41) is 9.33. The van der Waals surface area contributed by atoms with Gasteiger partial charge >= 0.3 is 11.7 Å². The van der Waals surface area contributed by atoms with Gasteiger partial charge in [0.1, 0.15) is 11.5 Å². The standard InChI is InChI=1S/C26H29N7O4/c1-29-22(25(34)35)15-28-23(29)17-30-10-8-18(16-30)32-24-21(7-4-9-27-24)33(26(32)36)20-6-3-2-5-19(20)31-11-13-37-14-12-31/h2-7,9,15,18H,8,10-14,16-17H2,1H3,(H,34,35). The molecule has 3 aromatic heterocycles. The molecule has 1 unspecified atom stereocenters. The van der Waals surface area contributed by atoms with E-state index in [1.807, 2.05) is 34.9 Å². The fourth-order valence-corrected chi connectivity index (χ4v) is 5.50. The Labute approximate surface area is 213 Å². The second kappa shape index (κ2) is 9.49. The largest absolute Gasteiger partial charge is 0.477 e. The van der Waals surface area contributed by atoms with E-state index in [0.717, 1.165) is 42.9 Å². The second-order valence-electron chi connectivity index (χ2n) is 9.52. The summed E-state index contributed by atoms with van der Waals surface area (Å²) in [6.07, 6.45) is 3.90. The molecule has 11 nitrogen and oxygen atoms in total. The van der Waals surface area contributed by atoms with Gasteiger partial charge in [0, 0.05) is 39.4 Å². The highest BCUT2D eigenvalue weighted by molar-refractivity contribution is 5.85. The number of hydrogen-bond acceptors (Lipinski definition) is 7. The van der Waals surface area contributed by atoms with Crippen LogP contribution in [0.15, 0.2) is 53.6 Å². The third kappa shape index (κ3) is 4.09. The molecule has 0 bridgehead atoms. The first-order valence-corrected chi connectivity index (χ1v) is 12.5. The van der Waals surface area contributed by atoms with Crippen LogP contribution in [0.1, 0.15) is 28.8 Å². The Morgan fingerprint density at radius 1 is 1.08 bits per heavy atom. The van der Waals surface area contributed by atoms with Crippen molar-refractivity contribution in [2.24, 2.45) is 7.05 Å². The molecule has 192 valence electrons. The number of pyridine rings is 1. The highest BCUT2D eigenvalue weighted by Crippen LogP contribution is 2.30. The summed E-state index contributed by atoms with van der Waals surface area (Å²) >= 11 is 0. The lowest BCUT2D eigenvalue weighted by atomic mass is 10.2. The van der Waals surface area contributed by atoms with E-state index >= 15 is 0 Å². The number of hydrogen-bond donors (Lipinski definition) is 1. The number of nitrogens with zero attached hydrogens (tertiary/aromatic N) is 7. The molecule has 11 heteroatoms. The maximum absolute atomic E-state index is 14.1. The molecule has 0 spiro atoms. The fourth-order valence-electron chi connectivity index (χ4n) is 5.50. The van der Waals surface area contributed by atoms with Gasteiger partial charge in [-0.05, 0) is 30.7 Å². The fraction of sp³-hybridized carbons (Fsp3) is 0.385. The van der Waals surface area contributed by atoms with Gasteiger partial charge in [-0.2, -0.15) is 0 Å². The molecule has 2 saturated heterocycles. The lowest BCUT2D eigenvalue weighted by Crippen LogP contribution is -2.37. The number of carbonyl (C=O) groups is 1. The third-order valence-corrected chi connectivity index (χ3v) is 7.39. The number of para-hydroxylation sites is 2. The Kier molecular flexibility index (Phi) is 6.01. The lowest BCUT2D eigenvalue weighted by molar-refractivity contribution is 0.0686. The average molecular weight is 504 g/mol. The number of fused-ring (bicyclic) bond motifs is 1. The SMILES string of the molecule is Cn1c(C(=O)O)cnc1CN1CCC(n2c(=O)n(-c3ccccc3N3CCOCC3)c3cccnc32)C1. The molecule has 2 aliphatic heterocycles. The Morgan fingerprint density at radius 3 is 2.62 bits per heavy atom. The van der Waals surface area contributed by atoms with Crippen LogP contribution in [0.25, 0.3) is 16.9 Å². The van der Waals surface area contributed by atoms with E-state index in [1.54, 1.807) is 22.4 Å². The summed E-state index contributed by atoms with van der Waals surface area (Å²) < 4.78 is 10.8. The van der Waals surface area contributed by atoms with Gasteiger partial charge in [0.2, 0.25) is 0 Å². The molecule has 4 aromatic rings. The molecule has 5 heterocycles. The first-order valence-electron chi connectivity index (χ1n) is 12.5. The van der Waals surface area contributed by atoms with Crippen molar-refractivity contribution < 1.29 is 14.6 Å². The van der Waals surface area contributed by atoms with Crippen molar-refractivity contribution >= 4 is 22.8 Å². The molecule has 0 amide bonds. The number of carboxylic acids is 1. The highest BCUT2D eigenvalue weighted by Gasteiger charge is 2.30. The van der Waals surface area contributed by atoms with Gasteiger partial charge in [0.25, 0.3) is 0 Å². The van der Waals surface area contributed by atoms with Crippen molar-refractivity contribution in [3.05, 3.63) is 70.8 Å². The molecule has 6 rings (SSSR count). The maximum Gasteiger partial charge on any atom is 0.354 e. The van der Waals surface area contributed by atoms with E-state index in [9.17, 15) is 14.7 Å². The van der Waals surface area contributed by atoms with Gasteiger partial charge in [-0.3, -0.25) is 14.0 Å². The molecular weight excluding hydrogens is 474 g/mol. The third-order valence-electron chi connectivity index (χ3n) is 7.39. The van der Waals surface area contributed by atoms with Gasteiger partial charge in [0.15, 0.2) is 5.65 Å². The van der Waals surface area contributed by atoms with Gasteiger partial charge in [0.05, 0.1) is 48.9 Å². The van der Waals surface area contributed by atoms with Crippen molar-refractivity contribution in [1.29, 1.82) is 0 Å².